The molecule has 0 bridgehead atoms. The molecule has 0 saturated carbocycles. The number of aromatic nitrogens is 2. The Kier molecular flexibility index (Phi) is 5.15. The van der Waals surface area contributed by atoms with E-state index in [1.54, 1.807) is 6.20 Å². The van der Waals surface area contributed by atoms with Crippen molar-refractivity contribution in [2.75, 3.05) is 11.9 Å². The Bertz CT molecular complexity index is 964. The summed E-state index contributed by atoms with van der Waals surface area (Å²) in [6.45, 7) is 6.44. The molecule has 2 aromatic heterocycles. The van der Waals surface area contributed by atoms with Gasteiger partial charge in [-0.1, -0.05) is 19.1 Å². The molecule has 0 radical (unpaired) electrons. The van der Waals surface area contributed by atoms with Gasteiger partial charge in [0, 0.05) is 55.2 Å². The minimum Gasteiger partial charge on any atom is -0.381 e. The highest BCUT2D eigenvalue weighted by Crippen LogP contribution is 2.31. The van der Waals surface area contributed by atoms with Crippen LogP contribution in [0.3, 0.4) is 0 Å². The molecule has 1 aromatic carbocycles. The second kappa shape index (κ2) is 7.89. The maximum atomic E-state index is 13.4. The normalized spacial score (nSPS) is 15.9. The summed E-state index contributed by atoms with van der Waals surface area (Å²) < 4.78 is 2.26. The first kappa shape index (κ1) is 18.3. The number of nitrogens with one attached hydrogen (secondary N) is 1. The van der Waals surface area contributed by atoms with Crippen LogP contribution in [0, 0.1) is 6.92 Å². The Morgan fingerprint density at radius 2 is 2.07 bits per heavy atom. The van der Waals surface area contributed by atoms with Crippen LogP contribution in [-0.2, 0) is 13.1 Å². The zero-order chi connectivity index (χ0) is 19.5. The van der Waals surface area contributed by atoms with Gasteiger partial charge in [-0.15, -0.1) is 0 Å². The minimum absolute atomic E-state index is 0.113. The standard InChI is InChI=1S/C23H26N4O/c1-3-21-22-10-6-12-26(22)13-14-27(21)23(28)19-8-4-9-20(17(19)2)25-16-18-7-5-11-24-15-18/h4-12,15,21,25H,3,13-14,16H2,1-2H3. The van der Waals surface area contributed by atoms with Crippen molar-refractivity contribution >= 4 is 11.6 Å². The molecule has 4 rings (SSSR count). The van der Waals surface area contributed by atoms with Crippen molar-refractivity contribution in [1.29, 1.82) is 0 Å². The van der Waals surface area contributed by atoms with E-state index in [1.807, 2.05) is 48.4 Å². The summed E-state index contributed by atoms with van der Waals surface area (Å²) in [5, 5.41) is 3.45. The van der Waals surface area contributed by atoms with E-state index in [-0.39, 0.29) is 11.9 Å². The number of fused-ring (bicyclic) bond motifs is 1. The van der Waals surface area contributed by atoms with Gasteiger partial charge in [-0.3, -0.25) is 9.78 Å². The van der Waals surface area contributed by atoms with Crippen LogP contribution in [0.25, 0.3) is 0 Å². The Morgan fingerprint density at radius 3 is 2.86 bits per heavy atom. The van der Waals surface area contributed by atoms with Crippen molar-refractivity contribution in [3.05, 3.63) is 83.4 Å². The summed E-state index contributed by atoms with van der Waals surface area (Å²) in [5.41, 5.74) is 5.09. The molecule has 1 aliphatic heterocycles. The Hall–Kier alpha value is -3.08. The highest BCUT2D eigenvalue weighted by atomic mass is 16.2. The molecule has 1 aliphatic rings. The van der Waals surface area contributed by atoms with Crippen LogP contribution in [0.1, 0.15) is 46.6 Å². The average Bonchev–Trinajstić information content (AvgIpc) is 3.21. The number of rotatable bonds is 5. The van der Waals surface area contributed by atoms with Gasteiger partial charge in [0.2, 0.25) is 0 Å². The van der Waals surface area contributed by atoms with Gasteiger partial charge in [-0.05, 0) is 54.8 Å². The Morgan fingerprint density at radius 1 is 1.18 bits per heavy atom. The molecular weight excluding hydrogens is 348 g/mol. The van der Waals surface area contributed by atoms with Gasteiger partial charge in [0.05, 0.1) is 6.04 Å². The van der Waals surface area contributed by atoms with E-state index in [0.29, 0.717) is 6.54 Å². The molecule has 1 unspecified atom stereocenters. The van der Waals surface area contributed by atoms with Crippen LogP contribution in [-0.4, -0.2) is 26.9 Å². The topological polar surface area (TPSA) is 50.2 Å². The lowest BCUT2D eigenvalue weighted by molar-refractivity contribution is 0.0617. The van der Waals surface area contributed by atoms with Gasteiger partial charge >= 0.3 is 0 Å². The van der Waals surface area contributed by atoms with Crippen molar-refractivity contribution in [1.82, 2.24) is 14.5 Å². The number of amides is 1. The SMILES string of the molecule is CCC1c2cccn2CCN1C(=O)c1cccc(NCc2cccnc2)c1C. The first-order valence-corrected chi connectivity index (χ1v) is 9.87. The summed E-state index contributed by atoms with van der Waals surface area (Å²) in [5.74, 6) is 0.113. The molecule has 1 amide bonds. The Labute approximate surface area is 166 Å². The average molecular weight is 374 g/mol. The van der Waals surface area contributed by atoms with Crippen molar-refractivity contribution in [2.45, 2.75) is 39.4 Å². The number of benzene rings is 1. The quantitative estimate of drug-likeness (QED) is 0.720. The van der Waals surface area contributed by atoms with Gasteiger partial charge in [0.1, 0.15) is 0 Å². The van der Waals surface area contributed by atoms with Gasteiger partial charge < -0.3 is 14.8 Å². The fraction of sp³-hybridized carbons (Fsp3) is 0.304. The number of hydrogen-bond donors (Lipinski definition) is 1. The van der Waals surface area contributed by atoms with E-state index >= 15 is 0 Å². The van der Waals surface area contributed by atoms with E-state index in [1.165, 1.54) is 5.69 Å². The molecular formula is C23H26N4O. The first-order chi connectivity index (χ1) is 13.7. The molecule has 1 atom stereocenters. The van der Waals surface area contributed by atoms with Gasteiger partial charge in [0.15, 0.2) is 0 Å². The molecule has 0 saturated heterocycles. The number of carbonyl (C=O) groups is 1. The zero-order valence-electron chi connectivity index (χ0n) is 16.4. The van der Waals surface area contributed by atoms with E-state index in [0.717, 1.165) is 41.9 Å². The zero-order valence-corrected chi connectivity index (χ0v) is 16.4. The van der Waals surface area contributed by atoms with Crippen molar-refractivity contribution in [2.24, 2.45) is 0 Å². The second-order valence-electron chi connectivity index (χ2n) is 7.24. The molecule has 0 aliphatic carbocycles. The van der Waals surface area contributed by atoms with Crippen molar-refractivity contribution in [3.8, 4) is 0 Å². The molecule has 28 heavy (non-hydrogen) atoms. The predicted molar refractivity (Wildman–Crippen MR) is 111 cm³/mol. The Balaban J connectivity index is 1.56. The maximum Gasteiger partial charge on any atom is 0.254 e. The predicted octanol–water partition coefficient (Wildman–Crippen LogP) is 4.41. The smallest absolute Gasteiger partial charge is 0.254 e. The fourth-order valence-electron chi connectivity index (χ4n) is 4.05. The van der Waals surface area contributed by atoms with Gasteiger partial charge in [-0.25, -0.2) is 0 Å². The monoisotopic (exact) mass is 374 g/mol. The van der Waals surface area contributed by atoms with E-state index in [9.17, 15) is 4.79 Å². The summed E-state index contributed by atoms with van der Waals surface area (Å²) in [6, 6.07) is 14.2. The van der Waals surface area contributed by atoms with Crippen LogP contribution >= 0.6 is 0 Å². The van der Waals surface area contributed by atoms with Gasteiger partial charge in [-0.2, -0.15) is 0 Å². The molecule has 0 spiro atoms. The molecule has 3 aromatic rings. The first-order valence-electron chi connectivity index (χ1n) is 9.87. The third kappa shape index (κ3) is 3.40. The van der Waals surface area contributed by atoms with Crippen LogP contribution < -0.4 is 5.32 Å². The van der Waals surface area contributed by atoms with E-state index < -0.39 is 0 Å². The van der Waals surface area contributed by atoms with E-state index in [4.69, 9.17) is 0 Å². The lowest BCUT2D eigenvalue weighted by Crippen LogP contribution is -2.42. The highest BCUT2D eigenvalue weighted by Gasteiger charge is 2.30. The molecule has 144 valence electrons. The molecule has 3 heterocycles. The van der Waals surface area contributed by atoms with E-state index in [2.05, 4.69) is 40.1 Å². The fourth-order valence-corrected chi connectivity index (χ4v) is 4.05. The van der Waals surface area contributed by atoms with Crippen molar-refractivity contribution in [3.63, 3.8) is 0 Å². The summed E-state index contributed by atoms with van der Waals surface area (Å²) in [6.07, 6.45) is 6.64. The van der Waals surface area contributed by atoms with Crippen LogP contribution in [0.2, 0.25) is 0 Å². The molecule has 1 N–H and O–H groups in total. The second-order valence-corrected chi connectivity index (χ2v) is 7.24. The number of carbonyl (C=O) groups excluding carboxylic acids is 1. The molecule has 0 fully saturated rings. The summed E-state index contributed by atoms with van der Waals surface area (Å²) >= 11 is 0. The number of anilines is 1. The minimum atomic E-state index is 0.113. The third-order valence-electron chi connectivity index (χ3n) is 5.58. The lowest BCUT2D eigenvalue weighted by Gasteiger charge is -2.37. The number of pyridine rings is 1. The van der Waals surface area contributed by atoms with Crippen LogP contribution in [0.5, 0.6) is 0 Å². The maximum absolute atomic E-state index is 13.4. The highest BCUT2D eigenvalue weighted by molar-refractivity contribution is 5.97. The molecule has 5 nitrogen and oxygen atoms in total. The largest absolute Gasteiger partial charge is 0.381 e. The third-order valence-corrected chi connectivity index (χ3v) is 5.58. The van der Waals surface area contributed by atoms with Crippen LogP contribution in [0.15, 0.2) is 61.1 Å². The van der Waals surface area contributed by atoms with Gasteiger partial charge in [0.25, 0.3) is 5.91 Å². The summed E-state index contributed by atoms with van der Waals surface area (Å²) in [7, 11) is 0. The summed E-state index contributed by atoms with van der Waals surface area (Å²) in [4.78, 5) is 19.6. The number of hydrogen-bond acceptors (Lipinski definition) is 3. The van der Waals surface area contributed by atoms with Crippen molar-refractivity contribution < 1.29 is 4.79 Å². The molecule has 5 heteroatoms. The van der Waals surface area contributed by atoms with Crippen LogP contribution in [0.4, 0.5) is 5.69 Å². The lowest BCUT2D eigenvalue weighted by atomic mass is 10.0. The number of nitrogens with zero attached hydrogens (tertiary/aromatic N) is 3.